The first-order valence-electron chi connectivity index (χ1n) is 22.0. The summed E-state index contributed by atoms with van der Waals surface area (Å²) in [4.78, 5) is 12.7. The van der Waals surface area contributed by atoms with E-state index in [0.29, 0.717) is 13.0 Å². The summed E-state index contributed by atoms with van der Waals surface area (Å²) in [5.41, 5.74) is 0. The molecule has 0 saturated carbocycles. The number of carbonyl (C=O) groups excluding carboxylic acids is 1. The second-order valence-corrected chi connectivity index (χ2v) is 14.8. The molecule has 9 heteroatoms. The van der Waals surface area contributed by atoms with Crippen LogP contribution in [0.15, 0.2) is 72.9 Å². The minimum absolute atomic E-state index is 0.114. The third-order valence-electron chi connectivity index (χ3n) is 9.61. The van der Waals surface area contributed by atoms with Crippen molar-refractivity contribution in [2.24, 2.45) is 0 Å². The molecule has 0 spiro atoms. The molecule has 0 aromatic rings. The van der Waals surface area contributed by atoms with Crippen molar-refractivity contribution in [1.29, 1.82) is 0 Å². The van der Waals surface area contributed by atoms with E-state index in [0.717, 1.165) is 64.2 Å². The summed E-state index contributed by atoms with van der Waals surface area (Å²) >= 11 is 0. The smallest absolute Gasteiger partial charge is 0.306 e. The Morgan fingerprint density at radius 1 is 0.589 bits per heavy atom. The third kappa shape index (κ3) is 28.9. The van der Waals surface area contributed by atoms with E-state index in [1.807, 2.05) is 0 Å². The molecule has 0 amide bonds. The topological polar surface area (TPSA) is 135 Å². The van der Waals surface area contributed by atoms with Gasteiger partial charge in [-0.2, -0.15) is 0 Å². The van der Waals surface area contributed by atoms with Crippen LogP contribution < -0.4 is 0 Å². The highest BCUT2D eigenvalue weighted by Crippen LogP contribution is 2.22. The Bertz CT molecular complexity index is 1080. The molecule has 1 fully saturated rings. The number of unbranched alkanes of at least 4 members (excludes halogenated alkanes) is 13. The molecule has 9 nitrogen and oxygen atoms in total. The van der Waals surface area contributed by atoms with Gasteiger partial charge in [-0.3, -0.25) is 4.79 Å². The highest BCUT2D eigenvalue weighted by atomic mass is 16.7. The van der Waals surface area contributed by atoms with Gasteiger partial charge >= 0.3 is 5.97 Å². The molecule has 0 aliphatic carbocycles. The number of aliphatic hydroxyl groups excluding tert-OH is 4. The summed E-state index contributed by atoms with van der Waals surface area (Å²) in [6, 6.07) is 0. The van der Waals surface area contributed by atoms with Crippen molar-refractivity contribution in [2.45, 2.75) is 192 Å². The second kappa shape index (κ2) is 38.2. The van der Waals surface area contributed by atoms with Crippen molar-refractivity contribution in [3.05, 3.63) is 72.9 Å². The van der Waals surface area contributed by atoms with Crippen LogP contribution in [0.4, 0.5) is 0 Å². The standard InChI is InChI=1S/C47H80O9/c1-3-5-7-9-11-13-15-17-19-21-22-24-26-28-30-32-34-36-43(49)55-41(40-54-47-46(52)45(51)44(50)42(38-48)56-47)39-53-37-35-33-31-29-27-25-23-20-18-16-14-12-10-8-6-4-2/h5,7,11,13,17-20,22,24,28,30,41-42,44-48,50-52H,3-4,6,8-10,12,14-16,21,23,25-27,29,31-40H2,1-2H3/b7-5-,13-11-,19-17-,20-18-,24-22-,30-28-. The minimum Gasteiger partial charge on any atom is -0.457 e. The highest BCUT2D eigenvalue weighted by molar-refractivity contribution is 5.69. The van der Waals surface area contributed by atoms with Gasteiger partial charge in [0.15, 0.2) is 6.29 Å². The van der Waals surface area contributed by atoms with Crippen LogP contribution in [0.5, 0.6) is 0 Å². The summed E-state index contributed by atoms with van der Waals surface area (Å²) in [6.07, 6.45) is 42.2. The lowest BCUT2D eigenvalue weighted by Crippen LogP contribution is -2.59. The maximum absolute atomic E-state index is 12.7. The van der Waals surface area contributed by atoms with Gasteiger partial charge in [-0.25, -0.2) is 0 Å². The fourth-order valence-electron chi connectivity index (χ4n) is 6.17. The summed E-state index contributed by atoms with van der Waals surface area (Å²) in [6.45, 7) is 4.34. The predicted molar refractivity (Wildman–Crippen MR) is 228 cm³/mol. The lowest BCUT2D eigenvalue weighted by molar-refractivity contribution is -0.305. The van der Waals surface area contributed by atoms with Crippen LogP contribution in [-0.4, -0.2) is 89.6 Å². The molecule has 6 unspecified atom stereocenters. The van der Waals surface area contributed by atoms with Gasteiger partial charge in [0, 0.05) is 13.0 Å². The molecule has 0 aromatic heterocycles. The van der Waals surface area contributed by atoms with Crippen molar-refractivity contribution in [3.63, 3.8) is 0 Å². The molecule has 0 radical (unpaired) electrons. The quantitative estimate of drug-likeness (QED) is 0.0278. The van der Waals surface area contributed by atoms with Gasteiger partial charge < -0.3 is 39.4 Å². The number of esters is 1. The van der Waals surface area contributed by atoms with E-state index < -0.39 is 43.4 Å². The zero-order chi connectivity index (χ0) is 40.7. The molecule has 1 heterocycles. The van der Waals surface area contributed by atoms with Crippen LogP contribution in [0.3, 0.4) is 0 Å². The van der Waals surface area contributed by atoms with Crippen LogP contribution in [0.2, 0.25) is 0 Å². The van der Waals surface area contributed by atoms with Crippen molar-refractivity contribution < 1.29 is 44.2 Å². The number of allylic oxidation sites excluding steroid dienone is 12. The van der Waals surface area contributed by atoms with Gasteiger partial charge in [-0.05, 0) is 77.0 Å². The molecule has 322 valence electrons. The summed E-state index contributed by atoms with van der Waals surface area (Å²) < 4.78 is 22.7. The normalized spacial score (nSPS) is 21.3. The zero-order valence-corrected chi connectivity index (χ0v) is 35.1. The van der Waals surface area contributed by atoms with Crippen LogP contribution >= 0.6 is 0 Å². The fraction of sp³-hybridized carbons (Fsp3) is 0.723. The SMILES string of the molecule is CC/C=C\C/C=C\C/C=C\C/C=C\C/C=C\CCCC(=O)OC(COCCCCCCCC/C=C\CCCCCCCC)COC1OC(CO)C(O)C(O)C1O. The Hall–Kier alpha value is -2.37. The average Bonchev–Trinajstić information content (AvgIpc) is 3.20. The van der Waals surface area contributed by atoms with Gasteiger partial charge in [0.1, 0.15) is 30.5 Å². The van der Waals surface area contributed by atoms with Crippen molar-refractivity contribution in [2.75, 3.05) is 26.4 Å². The lowest BCUT2D eigenvalue weighted by Gasteiger charge is -2.39. The Morgan fingerprint density at radius 3 is 1.66 bits per heavy atom. The number of hydrogen-bond acceptors (Lipinski definition) is 9. The van der Waals surface area contributed by atoms with Crippen molar-refractivity contribution in [3.8, 4) is 0 Å². The molecule has 1 aliphatic rings. The average molecular weight is 789 g/mol. The Labute approximate surface area is 340 Å². The Kier molecular flexibility index (Phi) is 35.2. The van der Waals surface area contributed by atoms with E-state index in [2.05, 4.69) is 86.8 Å². The molecular weight excluding hydrogens is 709 g/mol. The molecule has 1 aliphatic heterocycles. The monoisotopic (exact) mass is 789 g/mol. The van der Waals surface area contributed by atoms with Crippen molar-refractivity contribution in [1.82, 2.24) is 0 Å². The van der Waals surface area contributed by atoms with Gasteiger partial charge in [0.05, 0.1) is 19.8 Å². The molecule has 1 rings (SSSR count). The molecule has 56 heavy (non-hydrogen) atoms. The van der Waals surface area contributed by atoms with Gasteiger partial charge in [0.25, 0.3) is 0 Å². The number of carbonyl (C=O) groups is 1. The van der Waals surface area contributed by atoms with Gasteiger partial charge in [-0.15, -0.1) is 0 Å². The number of aliphatic hydroxyl groups is 4. The van der Waals surface area contributed by atoms with Gasteiger partial charge in [-0.1, -0.05) is 145 Å². The van der Waals surface area contributed by atoms with E-state index >= 15 is 0 Å². The van der Waals surface area contributed by atoms with Crippen LogP contribution in [0.25, 0.3) is 0 Å². The molecular formula is C47H80O9. The molecule has 6 atom stereocenters. The summed E-state index contributed by atoms with van der Waals surface area (Å²) in [5.74, 6) is -0.374. The van der Waals surface area contributed by atoms with Crippen LogP contribution in [0.1, 0.15) is 155 Å². The van der Waals surface area contributed by atoms with Crippen LogP contribution in [-0.2, 0) is 23.7 Å². The maximum Gasteiger partial charge on any atom is 0.306 e. The molecule has 4 N–H and O–H groups in total. The number of ether oxygens (including phenoxy) is 4. The number of hydrogen-bond donors (Lipinski definition) is 4. The van der Waals surface area contributed by atoms with Crippen molar-refractivity contribution >= 4 is 5.97 Å². The largest absolute Gasteiger partial charge is 0.457 e. The van der Waals surface area contributed by atoms with E-state index in [-0.39, 0.29) is 25.6 Å². The van der Waals surface area contributed by atoms with E-state index in [9.17, 15) is 25.2 Å². The van der Waals surface area contributed by atoms with E-state index in [1.165, 1.54) is 64.2 Å². The Balaban J connectivity index is 2.34. The molecule has 0 aromatic carbocycles. The predicted octanol–water partition coefficient (Wildman–Crippen LogP) is 9.69. The first-order chi connectivity index (χ1) is 27.4. The summed E-state index contributed by atoms with van der Waals surface area (Å²) in [5, 5.41) is 40.1. The van der Waals surface area contributed by atoms with Gasteiger partial charge in [0.2, 0.25) is 0 Å². The van der Waals surface area contributed by atoms with E-state index in [1.54, 1.807) is 0 Å². The lowest BCUT2D eigenvalue weighted by atomic mass is 9.99. The zero-order valence-electron chi connectivity index (χ0n) is 35.1. The second-order valence-electron chi connectivity index (χ2n) is 14.8. The summed E-state index contributed by atoms with van der Waals surface area (Å²) in [7, 11) is 0. The third-order valence-corrected chi connectivity index (χ3v) is 9.61. The highest BCUT2D eigenvalue weighted by Gasteiger charge is 2.44. The maximum atomic E-state index is 12.7. The van der Waals surface area contributed by atoms with E-state index in [4.69, 9.17) is 18.9 Å². The Morgan fingerprint density at radius 2 is 1.09 bits per heavy atom. The van der Waals surface area contributed by atoms with Crippen LogP contribution in [0, 0.1) is 0 Å². The molecule has 1 saturated heterocycles. The first kappa shape index (κ1) is 51.6. The number of rotatable bonds is 36. The minimum atomic E-state index is -1.55. The fourth-order valence-corrected chi connectivity index (χ4v) is 6.17. The molecule has 0 bridgehead atoms. The first-order valence-corrected chi connectivity index (χ1v) is 22.0.